The molecule has 0 unspecified atom stereocenters. The average Bonchev–Trinajstić information content (AvgIpc) is 3.01. The lowest BCUT2D eigenvalue weighted by Crippen LogP contribution is -2.10. The van der Waals surface area contributed by atoms with E-state index < -0.39 is 0 Å². The highest BCUT2D eigenvalue weighted by molar-refractivity contribution is 7.12. The lowest BCUT2D eigenvalue weighted by atomic mass is 10.2. The van der Waals surface area contributed by atoms with Crippen LogP contribution in [0.2, 0.25) is 5.15 Å². The molecule has 116 valence electrons. The number of carbonyl (C=O) groups excluding carboxylic acids is 1. The van der Waals surface area contributed by atoms with Gasteiger partial charge >= 0.3 is 0 Å². The number of amides is 1. The van der Waals surface area contributed by atoms with Gasteiger partial charge in [-0.1, -0.05) is 41.9 Å². The highest BCUT2D eigenvalue weighted by Gasteiger charge is 2.13. The van der Waals surface area contributed by atoms with Crippen molar-refractivity contribution in [1.29, 1.82) is 0 Å². The third-order valence-corrected chi connectivity index (χ3v) is 4.31. The monoisotopic (exact) mass is 344 g/mol. The number of benzene rings is 2. The van der Waals surface area contributed by atoms with E-state index in [-0.39, 0.29) is 11.1 Å². The van der Waals surface area contributed by atoms with E-state index in [1.54, 1.807) is 12.1 Å². The first-order valence-corrected chi connectivity index (χ1v) is 8.15. The summed E-state index contributed by atoms with van der Waals surface area (Å²) in [6, 6.07) is 17.1. The van der Waals surface area contributed by atoms with E-state index in [2.05, 4.69) is 10.3 Å². The number of nitrogens with zero attached hydrogens (tertiary/aromatic N) is 1. The van der Waals surface area contributed by atoms with Gasteiger partial charge in [-0.2, -0.15) is 0 Å². The number of aromatic nitrogens is 1. The molecule has 0 atom stereocenters. The lowest BCUT2D eigenvalue weighted by Gasteiger charge is -2.08. The predicted molar refractivity (Wildman–Crippen MR) is 92.3 cm³/mol. The Morgan fingerprint density at radius 1 is 1.13 bits per heavy atom. The minimum absolute atomic E-state index is 0.218. The van der Waals surface area contributed by atoms with Gasteiger partial charge in [-0.05, 0) is 29.8 Å². The molecular formula is C17H13ClN2O2S. The van der Waals surface area contributed by atoms with Crippen molar-refractivity contribution in [3.05, 3.63) is 75.7 Å². The maximum atomic E-state index is 12.0. The zero-order chi connectivity index (χ0) is 16.1. The van der Waals surface area contributed by atoms with Crippen molar-refractivity contribution in [2.45, 2.75) is 6.61 Å². The van der Waals surface area contributed by atoms with Crippen molar-refractivity contribution in [2.24, 2.45) is 0 Å². The predicted octanol–water partition coefficient (Wildman–Crippen LogP) is 4.63. The van der Waals surface area contributed by atoms with Crippen LogP contribution < -0.4 is 10.1 Å². The number of rotatable bonds is 5. The molecule has 23 heavy (non-hydrogen) atoms. The Hall–Kier alpha value is -2.37. The number of thiazole rings is 1. The van der Waals surface area contributed by atoms with Crippen molar-refractivity contribution < 1.29 is 9.53 Å². The molecule has 4 nitrogen and oxygen atoms in total. The Kier molecular flexibility index (Phi) is 4.90. The summed E-state index contributed by atoms with van der Waals surface area (Å²) in [4.78, 5) is 16.3. The summed E-state index contributed by atoms with van der Waals surface area (Å²) < 4.78 is 5.70. The molecule has 1 amide bonds. The van der Waals surface area contributed by atoms with E-state index in [1.165, 1.54) is 16.8 Å². The fraction of sp³-hybridized carbons (Fsp3) is 0.0588. The molecule has 6 heteroatoms. The van der Waals surface area contributed by atoms with Crippen molar-refractivity contribution >= 4 is 34.5 Å². The SMILES string of the molecule is O=C(Nc1ccc(OCc2ccccc2)cc1)c1scnc1Cl. The van der Waals surface area contributed by atoms with Gasteiger partial charge in [0.2, 0.25) is 0 Å². The van der Waals surface area contributed by atoms with Crippen molar-refractivity contribution in [1.82, 2.24) is 4.98 Å². The van der Waals surface area contributed by atoms with E-state index >= 15 is 0 Å². The van der Waals surface area contributed by atoms with Crippen LogP contribution in [-0.4, -0.2) is 10.9 Å². The molecule has 1 aromatic heterocycles. The zero-order valence-electron chi connectivity index (χ0n) is 12.0. The van der Waals surface area contributed by atoms with Gasteiger partial charge in [0.1, 0.15) is 17.2 Å². The highest BCUT2D eigenvalue weighted by atomic mass is 35.5. The van der Waals surface area contributed by atoms with Crippen LogP contribution in [0.3, 0.4) is 0 Å². The van der Waals surface area contributed by atoms with Crippen LogP contribution in [0.1, 0.15) is 15.2 Å². The number of hydrogen-bond acceptors (Lipinski definition) is 4. The quantitative estimate of drug-likeness (QED) is 0.734. The number of nitrogens with one attached hydrogen (secondary N) is 1. The summed E-state index contributed by atoms with van der Waals surface area (Å²) in [5, 5.41) is 3.00. The van der Waals surface area contributed by atoms with Gasteiger partial charge in [0.15, 0.2) is 5.15 Å². The Bertz CT molecular complexity index is 788. The second kappa shape index (κ2) is 7.26. The first-order valence-electron chi connectivity index (χ1n) is 6.89. The van der Waals surface area contributed by atoms with Gasteiger partial charge in [-0.25, -0.2) is 4.98 Å². The maximum absolute atomic E-state index is 12.0. The van der Waals surface area contributed by atoms with E-state index in [4.69, 9.17) is 16.3 Å². The van der Waals surface area contributed by atoms with Crippen molar-refractivity contribution in [3.8, 4) is 5.75 Å². The third kappa shape index (κ3) is 4.09. The second-order valence-electron chi connectivity index (χ2n) is 4.73. The van der Waals surface area contributed by atoms with Crippen molar-refractivity contribution in [3.63, 3.8) is 0 Å². The van der Waals surface area contributed by atoms with Crippen LogP contribution in [0.25, 0.3) is 0 Å². The largest absolute Gasteiger partial charge is 0.489 e. The van der Waals surface area contributed by atoms with Crippen molar-refractivity contribution in [2.75, 3.05) is 5.32 Å². The number of anilines is 1. The summed E-state index contributed by atoms with van der Waals surface area (Å²) in [5.74, 6) is 0.470. The zero-order valence-corrected chi connectivity index (χ0v) is 13.6. The van der Waals surface area contributed by atoms with Crippen LogP contribution in [-0.2, 0) is 6.61 Å². The first-order chi connectivity index (χ1) is 11.2. The fourth-order valence-electron chi connectivity index (χ4n) is 1.94. The van der Waals surface area contributed by atoms with E-state index in [9.17, 15) is 4.79 Å². The van der Waals surface area contributed by atoms with Crippen LogP contribution in [0, 0.1) is 0 Å². The van der Waals surface area contributed by atoms with Crippen LogP contribution in [0.4, 0.5) is 5.69 Å². The molecule has 0 aliphatic carbocycles. The smallest absolute Gasteiger partial charge is 0.268 e. The molecule has 2 aromatic carbocycles. The molecule has 0 saturated heterocycles. The average molecular weight is 345 g/mol. The molecule has 0 spiro atoms. The van der Waals surface area contributed by atoms with Gasteiger partial charge in [-0.3, -0.25) is 4.79 Å². The van der Waals surface area contributed by atoms with Gasteiger partial charge in [0.25, 0.3) is 5.91 Å². The van der Waals surface area contributed by atoms with Crippen LogP contribution >= 0.6 is 22.9 Å². The summed E-state index contributed by atoms with van der Waals surface area (Å²) in [6.45, 7) is 0.503. The van der Waals surface area contributed by atoms with Gasteiger partial charge in [0, 0.05) is 5.69 Å². The molecule has 1 N–H and O–H groups in total. The molecule has 0 fully saturated rings. The molecule has 0 saturated carbocycles. The maximum Gasteiger partial charge on any atom is 0.268 e. The molecule has 0 radical (unpaired) electrons. The van der Waals surface area contributed by atoms with Crippen LogP contribution in [0.5, 0.6) is 5.75 Å². The van der Waals surface area contributed by atoms with Gasteiger partial charge in [0.05, 0.1) is 5.51 Å². The number of carbonyl (C=O) groups is 1. The Morgan fingerprint density at radius 2 is 1.87 bits per heavy atom. The van der Waals surface area contributed by atoms with Crippen LogP contribution in [0.15, 0.2) is 60.1 Å². The molecular weight excluding hydrogens is 332 g/mol. The molecule has 0 aliphatic heterocycles. The topological polar surface area (TPSA) is 51.2 Å². The summed E-state index contributed by atoms with van der Waals surface area (Å²) in [7, 11) is 0. The second-order valence-corrected chi connectivity index (χ2v) is 5.94. The normalized spacial score (nSPS) is 10.3. The lowest BCUT2D eigenvalue weighted by molar-refractivity contribution is 0.103. The summed E-state index contributed by atoms with van der Waals surface area (Å²) >= 11 is 7.05. The molecule has 0 aliphatic rings. The van der Waals surface area contributed by atoms with E-state index in [0.29, 0.717) is 17.2 Å². The molecule has 1 heterocycles. The standard InChI is InChI=1S/C17H13ClN2O2S/c18-16-15(23-11-19-16)17(21)20-13-6-8-14(9-7-13)22-10-12-4-2-1-3-5-12/h1-9,11H,10H2,(H,20,21). The molecule has 0 bridgehead atoms. The molecule has 3 aromatic rings. The minimum atomic E-state index is -0.268. The fourth-order valence-corrected chi connectivity index (χ4v) is 2.84. The number of hydrogen-bond donors (Lipinski definition) is 1. The number of ether oxygens (including phenoxy) is 1. The van der Waals surface area contributed by atoms with E-state index in [1.807, 2.05) is 42.5 Å². The minimum Gasteiger partial charge on any atom is -0.489 e. The van der Waals surface area contributed by atoms with E-state index in [0.717, 1.165) is 11.3 Å². The third-order valence-electron chi connectivity index (χ3n) is 3.09. The number of halogens is 1. The summed E-state index contributed by atoms with van der Waals surface area (Å²) in [5.41, 5.74) is 3.31. The Balaban J connectivity index is 1.59. The van der Waals surface area contributed by atoms with Gasteiger partial charge < -0.3 is 10.1 Å². The molecule has 3 rings (SSSR count). The highest BCUT2D eigenvalue weighted by Crippen LogP contribution is 2.21. The van der Waals surface area contributed by atoms with Gasteiger partial charge in [-0.15, -0.1) is 11.3 Å². The Morgan fingerprint density at radius 3 is 2.52 bits per heavy atom. The first kappa shape index (κ1) is 15.5. The Labute approximate surface area is 142 Å². The summed E-state index contributed by atoms with van der Waals surface area (Å²) in [6.07, 6.45) is 0.